The molecule has 8 heteroatoms. The van der Waals surface area contributed by atoms with Crippen LogP contribution in [0, 0.1) is 0 Å². The zero-order chi connectivity index (χ0) is 24.2. The topological polar surface area (TPSA) is 110 Å². The average molecular weight is 459 g/mol. The SMILES string of the molecule is COc1ccc(C(=O)COC(=O)[C@@H](Cc2ccc(O)cc2)N2C(=O)c3ccccc3C2=O)cc1. The van der Waals surface area contributed by atoms with Gasteiger partial charge in [0, 0.05) is 12.0 Å². The number of ketones is 1. The molecule has 0 aliphatic carbocycles. The highest BCUT2D eigenvalue weighted by molar-refractivity contribution is 6.22. The second-order valence-electron chi connectivity index (χ2n) is 7.67. The molecule has 172 valence electrons. The van der Waals surface area contributed by atoms with Gasteiger partial charge in [-0.1, -0.05) is 24.3 Å². The molecule has 1 aliphatic rings. The van der Waals surface area contributed by atoms with E-state index in [-0.39, 0.29) is 23.3 Å². The fraction of sp³-hybridized carbons (Fsp3) is 0.154. The summed E-state index contributed by atoms with van der Waals surface area (Å²) in [7, 11) is 1.51. The van der Waals surface area contributed by atoms with Crippen LogP contribution in [0.3, 0.4) is 0 Å². The van der Waals surface area contributed by atoms with Gasteiger partial charge in [0.25, 0.3) is 11.8 Å². The van der Waals surface area contributed by atoms with E-state index in [2.05, 4.69) is 0 Å². The minimum atomic E-state index is -1.29. The third kappa shape index (κ3) is 4.52. The van der Waals surface area contributed by atoms with Crippen LogP contribution < -0.4 is 4.74 Å². The van der Waals surface area contributed by atoms with Crippen LogP contribution in [0.4, 0.5) is 0 Å². The number of aromatic hydroxyl groups is 1. The van der Waals surface area contributed by atoms with Gasteiger partial charge in [-0.2, -0.15) is 0 Å². The Balaban J connectivity index is 1.55. The van der Waals surface area contributed by atoms with Crippen molar-refractivity contribution in [3.8, 4) is 11.5 Å². The first-order valence-corrected chi connectivity index (χ1v) is 10.5. The van der Waals surface area contributed by atoms with Crippen LogP contribution in [0.1, 0.15) is 36.6 Å². The molecule has 8 nitrogen and oxygen atoms in total. The number of ether oxygens (including phenoxy) is 2. The first-order valence-electron chi connectivity index (χ1n) is 10.5. The van der Waals surface area contributed by atoms with Gasteiger partial charge in [-0.05, 0) is 54.1 Å². The van der Waals surface area contributed by atoms with E-state index in [4.69, 9.17) is 9.47 Å². The number of nitrogens with zero attached hydrogens (tertiary/aromatic N) is 1. The van der Waals surface area contributed by atoms with Gasteiger partial charge >= 0.3 is 5.97 Å². The average Bonchev–Trinajstić information content (AvgIpc) is 3.12. The van der Waals surface area contributed by atoms with Crippen LogP contribution in [0.2, 0.25) is 0 Å². The molecular formula is C26H21NO7. The molecule has 4 rings (SSSR count). The standard InChI is InChI=1S/C26H21NO7/c1-33-19-12-8-17(9-13-19)23(29)15-34-26(32)22(14-16-6-10-18(28)11-7-16)27-24(30)20-4-2-3-5-21(20)25(27)31/h2-13,22,28H,14-15H2,1H3/t22-/m1/s1. The highest BCUT2D eigenvalue weighted by Crippen LogP contribution is 2.27. The van der Waals surface area contributed by atoms with Crippen molar-refractivity contribution in [2.75, 3.05) is 13.7 Å². The largest absolute Gasteiger partial charge is 0.508 e. The summed E-state index contributed by atoms with van der Waals surface area (Å²) in [6.07, 6.45) is -0.0404. The third-order valence-electron chi connectivity index (χ3n) is 5.53. The number of benzene rings is 3. The van der Waals surface area contributed by atoms with Gasteiger partial charge in [0.2, 0.25) is 0 Å². The number of hydrogen-bond donors (Lipinski definition) is 1. The van der Waals surface area contributed by atoms with Gasteiger partial charge in [0.15, 0.2) is 12.4 Å². The first-order chi connectivity index (χ1) is 16.4. The van der Waals surface area contributed by atoms with Gasteiger partial charge < -0.3 is 14.6 Å². The molecule has 0 unspecified atom stereocenters. The van der Waals surface area contributed by atoms with E-state index in [0.29, 0.717) is 16.9 Å². The van der Waals surface area contributed by atoms with Crippen molar-refractivity contribution in [3.05, 3.63) is 95.1 Å². The lowest BCUT2D eigenvalue weighted by molar-refractivity contribution is -0.147. The molecule has 0 fully saturated rings. The maximum Gasteiger partial charge on any atom is 0.330 e. The first kappa shape index (κ1) is 22.7. The van der Waals surface area contributed by atoms with Crippen molar-refractivity contribution in [3.63, 3.8) is 0 Å². The highest BCUT2D eigenvalue weighted by Gasteiger charge is 2.43. The summed E-state index contributed by atoms with van der Waals surface area (Å²) in [6.45, 7) is -0.555. The molecule has 2 amide bonds. The van der Waals surface area contributed by atoms with Crippen molar-refractivity contribution >= 4 is 23.6 Å². The quantitative estimate of drug-likeness (QED) is 0.313. The number of fused-ring (bicyclic) bond motifs is 1. The fourth-order valence-corrected chi connectivity index (χ4v) is 3.72. The summed E-state index contributed by atoms with van der Waals surface area (Å²) in [5.41, 5.74) is 1.32. The Labute approximate surface area is 195 Å². The van der Waals surface area contributed by atoms with Gasteiger partial charge in [0.05, 0.1) is 18.2 Å². The van der Waals surface area contributed by atoms with E-state index < -0.39 is 36.2 Å². The second-order valence-corrected chi connectivity index (χ2v) is 7.67. The Bertz CT molecular complexity index is 1210. The third-order valence-corrected chi connectivity index (χ3v) is 5.53. The molecule has 1 aliphatic heterocycles. The zero-order valence-electron chi connectivity index (χ0n) is 18.3. The van der Waals surface area contributed by atoms with Crippen LogP contribution in [-0.4, -0.2) is 53.3 Å². The number of rotatable bonds is 8. The lowest BCUT2D eigenvalue weighted by Crippen LogP contribution is -2.47. The molecule has 34 heavy (non-hydrogen) atoms. The molecule has 3 aromatic rings. The summed E-state index contributed by atoms with van der Waals surface area (Å²) in [4.78, 5) is 52.5. The van der Waals surface area contributed by atoms with E-state index in [9.17, 15) is 24.3 Å². The second kappa shape index (κ2) is 9.58. The van der Waals surface area contributed by atoms with Crippen molar-refractivity contribution in [1.29, 1.82) is 0 Å². The molecule has 3 aromatic carbocycles. The molecule has 1 atom stereocenters. The Morgan fingerprint density at radius 2 is 1.47 bits per heavy atom. The van der Waals surface area contributed by atoms with Gasteiger partial charge in [-0.3, -0.25) is 19.3 Å². The minimum absolute atomic E-state index is 0.0358. The van der Waals surface area contributed by atoms with E-state index in [0.717, 1.165) is 4.90 Å². The van der Waals surface area contributed by atoms with E-state index >= 15 is 0 Å². The van der Waals surface area contributed by atoms with E-state index in [1.165, 1.54) is 31.4 Å². The smallest absolute Gasteiger partial charge is 0.330 e. The number of hydrogen-bond acceptors (Lipinski definition) is 7. The summed E-state index contributed by atoms with van der Waals surface area (Å²) < 4.78 is 10.3. The van der Waals surface area contributed by atoms with Crippen LogP contribution in [-0.2, 0) is 16.0 Å². The Morgan fingerprint density at radius 1 is 0.882 bits per heavy atom. The summed E-state index contributed by atoms with van der Waals surface area (Å²) in [5.74, 6) is -1.93. The summed E-state index contributed by atoms with van der Waals surface area (Å²) >= 11 is 0. The maximum atomic E-state index is 13.1. The number of methoxy groups -OCH3 is 1. The van der Waals surface area contributed by atoms with Gasteiger partial charge in [0.1, 0.15) is 17.5 Å². The molecular weight excluding hydrogens is 438 g/mol. The van der Waals surface area contributed by atoms with Gasteiger partial charge in [-0.15, -0.1) is 0 Å². The predicted octanol–water partition coefficient (Wildman–Crippen LogP) is 3.03. The van der Waals surface area contributed by atoms with Crippen LogP contribution >= 0.6 is 0 Å². The minimum Gasteiger partial charge on any atom is -0.508 e. The van der Waals surface area contributed by atoms with Crippen molar-refractivity contribution in [2.24, 2.45) is 0 Å². The van der Waals surface area contributed by atoms with Gasteiger partial charge in [-0.25, -0.2) is 4.79 Å². The molecule has 0 spiro atoms. The number of carbonyl (C=O) groups is 4. The molecule has 1 heterocycles. The van der Waals surface area contributed by atoms with Crippen molar-refractivity contribution in [2.45, 2.75) is 12.5 Å². The monoisotopic (exact) mass is 459 g/mol. The number of imide groups is 1. The molecule has 1 N–H and O–H groups in total. The Kier molecular flexibility index (Phi) is 6.40. The number of phenols is 1. The van der Waals surface area contributed by atoms with Crippen molar-refractivity contribution < 1.29 is 33.8 Å². The van der Waals surface area contributed by atoms with Crippen LogP contribution in [0.15, 0.2) is 72.8 Å². The predicted molar refractivity (Wildman–Crippen MR) is 121 cm³/mol. The number of Topliss-reactive ketones (excluding diaryl/α,β-unsaturated/α-hetero) is 1. The van der Waals surface area contributed by atoms with E-state index in [1.807, 2.05) is 0 Å². The Morgan fingerprint density at radius 3 is 2.03 bits per heavy atom. The molecule has 0 radical (unpaired) electrons. The fourth-order valence-electron chi connectivity index (χ4n) is 3.72. The number of amides is 2. The summed E-state index contributed by atoms with van der Waals surface area (Å²) in [5, 5.41) is 9.54. The van der Waals surface area contributed by atoms with E-state index in [1.54, 1.807) is 48.5 Å². The maximum absolute atomic E-state index is 13.1. The molecule has 0 bridgehead atoms. The molecule has 0 aromatic heterocycles. The molecule has 0 saturated carbocycles. The number of carbonyl (C=O) groups excluding carboxylic acids is 4. The zero-order valence-corrected chi connectivity index (χ0v) is 18.3. The Hall–Kier alpha value is -4.46. The lowest BCUT2D eigenvalue weighted by atomic mass is 10.0. The van der Waals surface area contributed by atoms with Crippen LogP contribution in [0.5, 0.6) is 11.5 Å². The summed E-state index contributed by atoms with van der Waals surface area (Å²) in [6, 6.07) is 17.4. The lowest BCUT2D eigenvalue weighted by Gasteiger charge is -2.24. The number of phenolic OH excluding ortho intramolecular Hbond substituents is 1. The number of esters is 1. The van der Waals surface area contributed by atoms with Crippen LogP contribution in [0.25, 0.3) is 0 Å². The highest BCUT2D eigenvalue weighted by atomic mass is 16.5. The normalized spacial score (nSPS) is 13.4. The van der Waals surface area contributed by atoms with Crippen molar-refractivity contribution in [1.82, 2.24) is 4.90 Å². The molecule has 0 saturated heterocycles.